The third-order valence-corrected chi connectivity index (χ3v) is 5.05. The van der Waals surface area contributed by atoms with E-state index in [-0.39, 0.29) is 31.1 Å². The van der Waals surface area contributed by atoms with Crippen LogP contribution >= 0.6 is 0 Å². The second-order valence-electron chi connectivity index (χ2n) is 6.74. The first-order valence-electron chi connectivity index (χ1n) is 8.59. The zero-order chi connectivity index (χ0) is 19.6. The summed E-state index contributed by atoms with van der Waals surface area (Å²) in [6.45, 7) is -0.241. The standard InChI is InChI=1S/C20H24O7/c1-25-17-7-12(3-5-15(17)22)9-20(24)11-27-19(14(20)10-21)13-4-6-16(23)18(8-13)26-2/h3-8,14,19,21-24H,9-11H2,1-2H3. The summed E-state index contributed by atoms with van der Waals surface area (Å²) in [7, 11) is 2.91. The van der Waals surface area contributed by atoms with Gasteiger partial charge >= 0.3 is 0 Å². The maximum absolute atomic E-state index is 11.2. The second kappa shape index (κ2) is 7.64. The van der Waals surface area contributed by atoms with E-state index in [0.29, 0.717) is 17.1 Å². The SMILES string of the molecule is COc1cc(CC2(O)COC(c3ccc(O)c(OC)c3)C2CO)ccc1O. The molecule has 2 aromatic rings. The number of phenolic OH excluding ortho intramolecular Hbond substituents is 2. The molecular weight excluding hydrogens is 352 g/mol. The van der Waals surface area contributed by atoms with Gasteiger partial charge in [0.15, 0.2) is 23.0 Å². The topological polar surface area (TPSA) is 109 Å². The summed E-state index contributed by atoms with van der Waals surface area (Å²) in [5.74, 6) is 0.0587. The van der Waals surface area contributed by atoms with E-state index >= 15 is 0 Å². The molecule has 7 heteroatoms. The van der Waals surface area contributed by atoms with Gasteiger partial charge < -0.3 is 34.6 Å². The Balaban J connectivity index is 1.87. The molecule has 0 spiro atoms. The molecule has 27 heavy (non-hydrogen) atoms. The molecule has 0 aliphatic carbocycles. The van der Waals surface area contributed by atoms with Crippen molar-refractivity contribution < 1.29 is 34.6 Å². The number of methoxy groups -OCH3 is 2. The molecule has 1 aliphatic heterocycles. The third kappa shape index (κ3) is 3.66. The van der Waals surface area contributed by atoms with Gasteiger partial charge in [-0.25, -0.2) is 0 Å². The first kappa shape index (κ1) is 19.3. The Morgan fingerprint density at radius 3 is 2.30 bits per heavy atom. The minimum absolute atomic E-state index is 0.00578. The Kier molecular flexibility index (Phi) is 5.46. The average Bonchev–Trinajstić information content (AvgIpc) is 2.99. The smallest absolute Gasteiger partial charge is 0.160 e. The molecule has 3 unspecified atom stereocenters. The highest BCUT2D eigenvalue weighted by Crippen LogP contribution is 2.44. The number of rotatable bonds is 6. The predicted octanol–water partition coefficient (Wildman–Crippen LogP) is 1.77. The number of aliphatic hydroxyl groups excluding tert-OH is 1. The van der Waals surface area contributed by atoms with Gasteiger partial charge in [-0.15, -0.1) is 0 Å². The number of hydrogen-bond donors (Lipinski definition) is 4. The van der Waals surface area contributed by atoms with Crippen LogP contribution in [0.1, 0.15) is 17.2 Å². The van der Waals surface area contributed by atoms with Gasteiger partial charge in [-0.3, -0.25) is 0 Å². The minimum Gasteiger partial charge on any atom is -0.504 e. The maximum Gasteiger partial charge on any atom is 0.160 e. The molecule has 3 atom stereocenters. The van der Waals surface area contributed by atoms with Crippen molar-refractivity contribution in [2.75, 3.05) is 27.4 Å². The summed E-state index contributed by atoms with van der Waals surface area (Å²) in [4.78, 5) is 0. The molecule has 0 amide bonds. The van der Waals surface area contributed by atoms with Crippen LogP contribution in [-0.2, 0) is 11.2 Å². The highest BCUT2D eigenvalue weighted by atomic mass is 16.5. The summed E-state index contributed by atoms with van der Waals surface area (Å²) in [5.41, 5.74) is 0.146. The van der Waals surface area contributed by atoms with Crippen molar-refractivity contribution in [2.45, 2.75) is 18.1 Å². The van der Waals surface area contributed by atoms with Crippen molar-refractivity contribution in [3.05, 3.63) is 47.5 Å². The fraction of sp³-hybridized carbons (Fsp3) is 0.400. The first-order chi connectivity index (χ1) is 12.9. The summed E-state index contributed by atoms with van der Waals surface area (Å²) in [6, 6.07) is 9.66. The Hall–Kier alpha value is -2.48. The lowest BCUT2D eigenvalue weighted by atomic mass is 9.80. The van der Waals surface area contributed by atoms with Gasteiger partial charge in [-0.05, 0) is 35.4 Å². The monoisotopic (exact) mass is 376 g/mol. The molecule has 2 aromatic carbocycles. The molecule has 0 radical (unpaired) electrons. The van der Waals surface area contributed by atoms with Crippen molar-refractivity contribution in [3.8, 4) is 23.0 Å². The van der Waals surface area contributed by atoms with Crippen molar-refractivity contribution in [3.63, 3.8) is 0 Å². The summed E-state index contributed by atoms with van der Waals surface area (Å²) < 4.78 is 16.1. The minimum atomic E-state index is -1.30. The molecule has 1 fully saturated rings. The lowest BCUT2D eigenvalue weighted by molar-refractivity contribution is -0.0150. The van der Waals surface area contributed by atoms with E-state index in [0.717, 1.165) is 5.56 Å². The average molecular weight is 376 g/mol. The van der Waals surface area contributed by atoms with Crippen LogP contribution in [0, 0.1) is 5.92 Å². The van der Waals surface area contributed by atoms with Gasteiger partial charge in [0.1, 0.15) is 0 Å². The Bertz CT molecular complexity index is 807. The lowest BCUT2D eigenvalue weighted by Crippen LogP contribution is -2.41. The second-order valence-corrected chi connectivity index (χ2v) is 6.74. The normalized spacial score (nSPS) is 24.7. The Labute approximate surface area is 157 Å². The number of aromatic hydroxyl groups is 2. The van der Waals surface area contributed by atoms with Crippen molar-refractivity contribution >= 4 is 0 Å². The molecule has 3 rings (SSSR count). The van der Waals surface area contributed by atoms with Crippen molar-refractivity contribution in [2.24, 2.45) is 5.92 Å². The molecule has 0 bridgehead atoms. The zero-order valence-corrected chi connectivity index (χ0v) is 15.3. The van der Waals surface area contributed by atoms with Gasteiger partial charge in [0.05, 0.1) is 39.1 Å². The van der Waals surface area contributed by atoms with Crippen LogP contribution in [0.25, 0.3) is 0 Å². The van der Waals surface area contributed by atoms with Crippen LogP contribution in [0.3, 0.4) is 0 Å². The fourth-order valence-corrected chi connectivity index (χ4v) is 3.57. The molecule has 0 aromatic heterocycles. The molecule has 4 N–H and O–H groups in total. The van der Waals surface area contributed by atoms with E-state index in [1.54, 1.807) is 24.3 Å². The molecule has 0 saturated carbocycles. The highest BCUT2D eigenvalue weighted by molar-refractivity contribution is 5.44. The van der Waals surface area contributed by atoms with Crippen LogP contribution in [0.15, 0.2) is 36.4 Å². The van der Waals surface area contributed by atoms with Crippen molar-refractivity contribution in [1.29, 1.82) is 0 Å². The Morgan fingerprint density at radius 2 is 1.67 bits per heavy atom. The molecule has 146 valence electrons. The Morgan fingerprint density at radius 1 is 1.04 bits per heavy atom. The van der Waals surface area contributed by atoms with E-state index in [1.165, 1.54) is 26.4 Å². The number of hydrogen-bond acceptors (Lipinski definition) is 7. The molecule has 7 nitrogen and oxygen atoms in total. The largest absolute Gasteiger partial charge is 0.504 e. The number of aliphatic hydroxyl groups is 2. The predicted molar refractivity (Wildman–Crippen MR) is 97.2 cm³/mol. The summed E-state index contributed by atoms with van der Waals surface area (Å²) in [6.07, 6.45) is -0.325. The van der Waals surface area contributed by atoms with Crippen LogP contribution in [0.4, 0.5) is 0 Å². The first-order valence-corrected chi connectivity index (χ1v) is 8.59. The van der Waals surface area contributed by atoms with E-state index < -0.39 is 17.6 Å². The molecule has 1 heterocycles. The van der Waals surface area contributed by atoms with Crippen LogP contribution in [-0.4, -0.2) is 53.5 Å². The van der Waals surface area contributed by atoms with E-state index in [9.17, 15) is 20.4 Å². The summed E-state index contributed by atoms with van der Waals surface area (Å²) in [5, 5.41) is 40.6. The molecular formula is C20H24O7. The van der Waals surface area contributed by atoms with E-state index in [4.69, 9.17) is 14.2 Å². The molecule has 1 aliphatic rings. The molecule has 1 saturated heterocycles. The van der Waals surface area contributed by atoms with Gasteiger partial charge in [0.2, 0.25) is 0 Å². The van der Waals surface area contributed by atoms with Gasteiger partial charge in [-0.1, -0.05) is 12.1 Å². The quantitative estimate of drug-likeness (QED) is 0.608. The number of phenols is 2. The van der Waals surface area contributed by atoms with Crippen LogP contribution in [0.2, 0.25) is 0 Å². The van der Waals surface area contributed by atoms with Gasteiger partial charge in [0.25, 0.3) is 0 Å². The third-order valence-electron chi connectivity index (χ3n) is 5.05. The lowest BCUT2D eigenvalue weighted by Gasteiger charge is -2.29. The van der Waals surface area contributed by atoms with E-state index in [2.05, 4.69) is 0 Å². The fourth-order valence-electron chi connectivity index (χ4n) is 3.57. The van der Waals surface area contributed by atoms with Crippen molar-refractivity contribution in [1.82, 2.24) is 0 Å². The number of benzene rings is 2. The zero-order valence-electron chi connectivity index (χ0n) is 15.3. The van der Waals surface area contributed by atoms with Gasteiger partial charge in [-0.2, -0.15) is 0 Å². The van der Waals surface area contributed by atoms with Gasteiger partial charge in [0, 0.05) is 12.3 Å². The van der Waals surface area contributed by atoms with E-state index in [1.807, 2.05) is 0 Å². The highest BCUT2D eigenvalue weighted by Gasteiger charge is 2.49. The van der Waals surface area contributed by atoms with Crippen LogP contribution < -0.4 is 9.47 Å². The van der Waals surface area contributed by atoms with Crippen LogP contribution in [0.5, 0.6) is 23.0 Å². The summed E-state index contributed by atoms with van der Waals surface area (Å²) >= 11 is 0. The number of ether oxygens (including phenoxy) is 3. The maximum atomic E-state index is 11.2.